The summed E-state index contributed by atoms with van der Waals surface area (Å²) < 4.78 is 0.996. The summed E-state index contributed by atoms with van der Waals surface area (Å²) in [6.07, 6.45) is 5.27. The lowest BCUT2D eigenvalue weighted by molar-refractivity contribution is 0.222. The number of aliphatic hydroxyl groups excluding tert-OH is 1. The summed E-state index contributed by atoms with van der Waals surface area (Å²) in [7, 11) is 0. The molecule has 0 aliphatic heterocycles. The van der Waals surface area contributed by atoms with E-state index in [0.717, 1.165) is 28.7 Å². The molecular weight excluding hydrogens is 268 g/mol. The van der Waals surface area contributed by atoms with Gasteiger partial charge in [-0.2, -0.15) is 0 Å². The van der Waals surface area contributed by atoms with Crippen molar-refractivity contribution in [1.82, 2.24) is 4.98 Å². The quantitative estimate of drug-likeness (QED) is 0.897. The van der Waals surface area contributed by atoms with Gasteiger partial charge in [0.2, 0.25) is 0 Å². The van der Waals surface area contributed by atoms with Crippen molar-refractivity contribution >= 4 is 21.7 Å². The molecule has 1 aromatic heterocycles. The van der Waals surface area contributed by atoms with Gasteiger partial charge in [-0.3, -0.25) is 0 Å². The van der Waals surface area contributed by atoms with Crippen LogP contribution in [-0.4, -0.2) is 22.7 Å². The summed E-state index contributed by atoms with van der Waals surface area (Å²) in [6, 6.07) is 2.41. The minimum atomic E-state index is 0.265. The molecular formula is C12H17BrN2O. The monoisotopic (exact) mass is 284 g/mol. The van der Waals surface area contributed by atoms with Crippen molar-refractivity contribution in [1.29, 1.82) is 0 Å². The Balaban J connectivity index is 2.08. The molecule has 1 aliphatic carbocycles. The first kappa shape index (κ1) is 11.9. The maximum Gasteiger partial charge on any atom is 0.140 e. The molecule has 88 valence electrons. The van der Waals surface area contributed by atoms with Gasteiger partial charge in [0, 0.05) is 24.8 Å². The Labute approximate surface area is 104 Å². The zero-order valence-corrected chi connectivity index (χ0v) is 11.0. The van der Waals surface area contributed by atoms with Crippen LogP contribution in [0.25, 0.3) is 0 Å². The van der Waals surface area contributed by atoms with Gasteiger partial charge in [-0.1, -0.05) is 6.42 Å². The number of aryl methyl sites for hydroxylation is 1. The Kier molecular flexibility index (Phi) is 3.82. The van der Waals surface area contributed by atoms with Crippen LogP contribution in [0.1, 0.15) is 24.8 Å². The van der Waals surface area contributed by atoms with Crippen LogP contribution < -0.4 is 5.32 Å². The van der Waals surface area contributed by atoms with Gasteiger partial charge in [0.15, 0.2) is 0 Å². The molecule has 4 heteroatoms. The van der Waals surface area contributed by atoms with E-state index in [4.69, 9.17) is 0 Å². The topological polar surface area (TPSA) is 45.2 Å². The van der Waals surface area contributed by atoms with Gasteiger partial charge < -0.3 is 10.4 Å². The maximum absolute atomic E-state index is 9.26. The van der Waals surface area contributed by atoms with Gasteiger partial charge in [-0.15, -0.1) is 0 Å². The first-order valence-corrected chi connectivity index (χ1v) is 6.49. The summed E-state index contributed by atoms with van der Waals surface area (Å²) in [5.74, 6) is 1.26. The molecule has 0 radical (unpaired) electrons. The van der Waals surface area contributed by atoms with Crippen LogP contribution in [0, 0.1) is 12.8 Å². The fourth-order valence-corrected chi connectivity index (χ4v) is 2.84. The Morgan fingerprint density at radius 1 is 1.56 bits per heavy atom. The summed E-state index contributed by atoms with van der Waals surface area (Å²) in [5, 5.41) is 12.7. The molecule has 0 amide bonds. The molecule has 2 N–H and O–H groups in total. The molecule has 1 fully saturated rings. The third-order valence-corrected chi connectivity index (χ3v) is 3.80. The molecule has 2 atom stereocenters. The van der Waals surface area contributed by atoms with Crippen molar-refractivity contribution in [3.05, 3.63) is 22.3 Å². The second-order valence-corrected chi connectivity index (χ2v) is 5.32. The van der Waals surface area contributed by atoms with E-state index >= 15 is 0 Å². The van der Waals surface area contributed by atoms with Gasteiger partial charge in [0.05, 0.1) is 4.47 Å². The summed E-state index contributed by atoms with van der Waals surface area (Å²) in [5.41, 5.74) is 1.14. The van der Waals surface area contributed by atoms with Gasteiger partial charge in [0.1, 0.15) is 5.82 Å². The van der Waals surface area contributed by atoms with Gasteiger partial charge >= 0.3 is 0 Å². The van der Waals surface area contributed by atoms with Crippen LogP contribution in [0.15, 0.2) is 16.7 Å². The van der Waals surface area contributed by atoms with Crippen LogP contribution in [-0.2, 0) is 0 Å². The summed E-state index contributed by atoms with van der Waals surface area (Å²) in [4.78, 5) is 4.37. The van der Waals surface area contributed by atoms with Gasteiger partial charge in [-0.25, -0.2) is 4.98 Å². The van der Waals surface area contributed by atoms with E-state index in [0.29, 0.717) is 12.0 Å². The number of halogens is 1. The fraction of sp³-hybridized carbons (Fsp3) is 0.583. The van der Waals surface area contributed by atoms with Crippen LogP contribution in [0.3, 0.4) is 0 Å². The molecule has 2 unspecified atom stereocenters. The molecule has 0 spiro atoms. The van der Waals surface area contributed by atoms with E-state index in [1.54, 1.807) is 0 Å². The molecule has 1 aromatic rings. The molecule has 3 nitrogen and oxygen atoms in total. The van der Waals surface area contributed by atoms with Crippen molar-refractivity contribution < 1.29 is 5.11 Å². The van der Waals surface area contributed by atoms with Crippen molar-refractivity contribution in [2.45, 2.75) is 32.2 Å². The average Bonchev–Trinajstić information content (AvgIpc) is 2.69. The lowest BCUT2D eigenvalue weighted by atomic mass is 10.1. The minimum Gasteiger partial charge on any atom is -0.396 e. The smallest absolute Gasteiger partial charge is 0.140 e. The Morgan fingerprint density at radius 3 is 3.06 bits per heavy atom. The van der Waals surface area contributed by atoms with E-state index in [1.807, 2.05) is 13.1 Å². The van der Waals surface area contributed by atoms with Crippen molar-refractivity contribution in [3.8, 4) is 0 Å². The molecule has 0 aromatic carbocycles. The number of hydrogen-bond donors (Lipinski definition) is 2. The molecule has 1 aliphatic rings. The standard InChI is InChI=1S/C12H17BrN2O/c1-8-5-10(13)12(14-6-8)15-11-4-2-3-9(11)7-16/h5-6,9,11,16H,2-4,7H2,1H3,(H,14,15). The number of hydrogen-bond acceptors (Lipinski definition) is 3. The van der Waals surface area contributed by atoms with Crippen molar-refractivity contribution in [2.75, 3.05) is 11.9 Å². The second kappa shape index (κ2) is 5.15. The lowest BCUT2D eigenvalue weighted by Crippen LogP contribution is -2.26. The molecule has 2 rings (SSSR count). The lowest BCUT2D eigenvalue weighted by Gasteiger charge is -2.20. The van der Waals surface area contributed by atoms with E-state index in [-0.39, 0.29) is 6.61 Å². The minimum absolute atomic E-state index is 0.265. The van der Waals surface area contributed by atoms with E-state index in [9.17, 15) is 5.11 Å². The summed E-state index contributed by atoms with van der Waals surface area (Å²) >= 11 is 3.51. The number of rotatable bonds is 3. The summed E-state index contributed by atoms with van der Waals surface area (Å²) in [6.45, 7) is 2.29. The first-order valence-electron chi connectivity index (χ1n) is 5.70. The number of aliphatic hydroxyl groups is 1. The molecule has 0 saturated heterocycles. The number of nitrogens with zero attached hydrogens (tertiary/aromatic N) is 1. The van der Waals surface area contributed by atoms with Gasteiger partial charge in [0.25, 0.3) is 0 Å². The predicted octanol–water partition coefficient (Wildman–Crippen LogP) is 2.73. The molecule has 1 heterocycles. The predicted molar refractivity (Wildman–Crippen MR) is 68.5 cm³/mol. The SMILES string of the molecule is Cc1cnc(NC2CCCC2CO)c(Br)c1. The van der Waals surface area contributed by atoms with Crippen molar-refractivity contribution in [2.24, 2.45) is 5.92 Å². The molecule has 1 saturated carbocycles. The highest BCUT2D eigenvalue weighted by atomic mass is 79.9. The largest absolute Gasteiger partial charge is 0.396 e. The van der Waals surface area contributed by atoms with E-state index in [2.05, 4.69) is 32.3 Å². The fourth-order valence-electron chi connectivity index (χ4n) is 2.26. The van der Waals surface area contributed by atoms with E-state index < -0.39 is 0 Å². The number of anilines is 1. The van der Waals surface area contributed by atoms with Crippen LogP contribution in [0.2, 0.25) is 0 Å². The normalized spacial score (nSPS) is 24.7. The van der Waals surface area contributed by atoms with Crippen molar-refractivity contribution in [3.63, 3.8) is 0 Å². The van der Waals surface area contributed by atoms with E-state index in [1.165, 1.54) is 6.42 Å². The zero-order valence-electron chi connectivity index (χ0n) is 9.41. The number of aromatic nitrogens is 1. The molecule has 0 bridgehead atoms. The number of pyridine rings is 1. The van der Waals surface area contributed by atoms with Crippen LogP contribution in [0.5, 0.6) is 0 Å². The highest BCUT2D eigenvalue weighted by Crippen LogP contribution is 2.30. The Bertz CT molecular complexity index is 370. The highest BCUT2D eigenvalue weighted by molar-refractivity contribution is 9.10. The van der Waals surface area contributed by atoms with Gasteiger partial charge in [-0.05, 0) is 47.3 Å². The highest BCUT2D eigenvalue weighted by Gasteiger charge is 2.27. The Hall–Kier alpha value is -0.610. The average molecular weight is 285 g/mol. The maximum atomic E-state index is 9.26. The zero-order chi connectivity index (χ0) is 11.5. The second-order valence-electron chi connectivity index (χ2n) is 4.47. The first-order chi connectivity index (χ1) is 7.70. The third kappa shape index (κ3) is 2.55. The Morgan fingerprint density at radius 2 is 2.38 bits per heavy atom. The van der Waals surface area contributed by atoms with Crippen LogP contribution in [0.4, 0.5) is 5.82 Å². The van der Waals surface area contributed by atoms with Crippen LogP contribution >= 0.6 is 15.9 Å². The third-order valence-electron chi connectivity index (χ3n) is 3.19. The number of nitrogens with one attached hydrogen (secondary N) is 1. The molecule has 16 heavy (non-hydrogen) atoms.